The fourth-order valence-electron chi connectivity index (χ4n) is 2.98. The molecule has 0 spiro atoms. The summed E-state index contributed by atoms with van der Waals surface area (Å²) in [4.78, 5) is 4.33. The topological polar surface area (TPSA) is 33.1 Å². The quantitative estimate of drug-likeness (QED) is 0.874. The summed E-state index contributed by atoms with van der Waals surface area (Å²) in [6, 6.07) is 10.5. The molecule has 2 nitrogen and oxygen atoms in total. The van der Waals surface area contributed by atoms with Crippen LogP contribution < -0.4 is 0 Å². The molecule has 0 aliphatic heterocycles. The Morgan fingerprint density at radius 1 is 1.17 bits per heavy atom. The third kappa shape index (κ3) is 2.39. The number of aromatic nitrogens is 1. The van der Waals surface area contributed by atoms with Crippen LogP contribution in [-0.2, 0) is 6.42 Å². The van der Waals surface area contributed by atoms with Crippen molar-refractivity contribution in [3.05, 3.63) is 42.1 Å². The van der Waals surface area contributed by atoms with Gasteiger partial charge in [0.15, 0.2) is 0 Å². The third-order valence-electron chi connectivity index (χ3n) is 4.03. The van der Waals surface area contributed by atoms with E-state index in [1.807, 2.05) is 12.3 Å². The van der Waals surface area contributed by atoms with E-state index in [0.717, 1.165) is 24.8 Å². The van der Waals surface area contributed by atoms with Crippen molar-refractivity contribution in [2.24, 2.45) is 5.92 Å². The van der Waals surface area contributed by atoms with Crippen LogP contribution in [0.5, 0.6) is 0 Å². The van der Waals surface area contributed by atoms with Gasteiger partial charge in [-0.3, -0.25) is 4.98 Å². The minimum atomic E-state index is -0.108. The summed E-state index contributed by atoms with van der Waals surface area (Å²) < 4.78 is 0. The molecular weight excluding hydrogens is 222 g/mol. The van der Waals surface area contributed by atoms with Gasteiger partial charge in [-0.1, -0.05) is 25.0 Å². The zero-order valence-corrected chi connectivity index (χ0v) is 10.5. The van der Waals surface area contributed by atoms with Crippen molar-refractivity contribution >= 4 is 10.9 Å². The fourth-order valence-corrected chi connectivity index (χ4v) is 2.98. The molecule has 3 rings (SSSR count). The summed E-state index contributed by atoms with van der Waals surface area (Å²) in [6.07, 6.45) is 7.28. The minimum absolute atomic E-state index is 0.108. The lowest BCUT2D eigenvalue weighted by Crippen LogP contribution is -2.26. The predicted molar refractivity (Wildman–Crippen MR) is 73.4 cm³/mol. The molecule has 1 aromatic heterocycles. The highest BCUT2D eigenvalue weighted by Crippen LogP contribution is 2.28. The first-order valence-electron chi connectivity index (χ1n) is 6.85. The molecule has 1 aliphatic rings. The molecule has 1 N–H and O–H groups in total. The van der Waals surface area contributed by atoms with E-state index in [1.165, 1.54) is 23.8 Å². The van der Waals surface area contributed by atoms with Crippen LogP contribution in [-0.4, -0.2) is 16.2 Å². The molecule has 1 saturated carbocycles. The lowest BCUT2D eigenvalue weighted by Gasteiger charge is -2.27. The lowest BCUT2D eigenvalue weighted by atomic mass is 9.82. The number of fused-ring (bicyclic) bond motifs is 1. The normalized spacial score (nSPS) is 24.3. The maximum Gasteiger partial charge on any atom is 0.0702 e. The molecule has 94 valence electrons. The first kappa shape index (κ1) is 11.7. The lowest BCUT2D eigenvalue weighted by molar-refractivity contribution is 0.0700. The summed E-state index contributed by atoms with van der Waals surface area (Å²) in [7, 11) is 0. The Morgan fingerprint density at radius 2 is 2.06 bits per heavy atom. The Bertz CT molecular complexity index is 537. The number of hydrogen-bond donors (Lipinski definition) is 1. The minimum Gasteiger partial charge on any atom is -0.393 e. The number of aliphatic hydroxyl groups is 1. The van der Waals surface area contributed by atoms with E-state index >= 15 is 0 Å². The summed E-state index contributed by atoms with van der Waals surface area (Å²) in [6.45, 7) is 0. The van der Waals surface area contributed by atoms with Gasteiger partial charge in [0.1, 0.15) is 0 Å². The molecule has 2 atom stereocenters. The largest absolute Gasteiger partial charge is 0.393 e. The Balaban J connectivity index is 1.81. The monoisotopic (exact) mass is 241 g/mol. The van der Waals surface area contributed by atoms with Gasteiger partial charge >= 0.3 is 0 Å². The molecule has 0 radical (unpaired) electrons. The molecule has 1 heterocycles. The Hall–Kier alpha value is -1.41. The number of aliphatic hydroxyl groups excluding tert-OH is 1. The van der Waals surface area contributed by atoms with Crippen LogP contribution in [0, 0.1) is 5.92 Å². The van der Waals surface area contributed by atoms with E-state index < -0.39 is 0 Å². The van der Waals surface area contributed by atoms with Crippen LogP contribution in [0.25, 0.3) is 10.9 Å². The second-order valence-electron chi connectivity index (χ2n) is 5.35. The van der Waals surface area contributed by atoms with Crippen LogP contribution in [0.15, 0.2) is 36.5 Å². The molecule has 18 heavy (non-hydrogen) atoms. The molecule has 0 bridgehead atoms. The van der Waals surface area contributed by atoms with Gasteiger partial charge < -0.3 is 5.11 Å². The number of hydrogen-bond acceptors (Lipinski definition) is 2. The van der Waals surface area contributed by atoms with Gasteiger partial charge in [0.05, 0.1) is 11.6 Å². The highest BCUT2D eigenvalue weighted by Gasteiger charge is 2.22. The van der Waals surface area contributed by atoms with Gasteiger partial charge in [0.25, 0.3) is 0 Å². The molecule has 0 saturated heterocycles. The number of benzene rings is 1. The smallest absolute Gasteiger partial charge is 0.0702 e. The Labute approximate surface area is 108 Å². The maximum atomic E-state index is 10.0. The predicted octanol–water partition coefficient (Wildman–Crippen LogP) is 3.33. The zero-order valence-electron chi connectivity index (χ0n) is 10.5. The maximum absolute atomic E-state index is 10.0. The van der Waals surface area contributed by atoms with E-state index in [-0.39, 0.29) is 6.10 Å². The van der Waals surface area contributed by atoms with Gasteiger partial charge in [0.2, 0.25) is 0 Å². The summed E-state index contributed by atoms with van der Waals surface area (Å²) in [5.74, 6) is 0.438. The summed E-state index contributed by atoms with van der Waals surface area (Å²) >= 11 is 0. The number of nitrogens with zero attached hydrogens (tertiary/aromatic N) is 1. The average molecular weight is 241 g/mol. The number of rotatable bonds is 2. The van der Waals surface area contributed by atoms with Crippen LogP contribution in [0.2, 0.25) is 0 Å². The van der Waals surface area contributed by atoms with E-state index in [1.54, 1.807) is 0 Å². The molecular formula is C16H19NO. The van der Waals surface area contributed by atoms with Crippen molar-refractivity contribution in [1.82, 2.24) is 4.98 Å². The van der Waals surface area contributed by atoms with Crippen molar-refractivity contribution in [1.29, 1.82) is 0 Å². The Morgan fingerprint density at radius 3 is 2.94 bits per heavy atom. The van der Waals surface area contributed by atoms with Crippen molar-refractivity contribution in [2.45, 2.75) is 38.2 Å². The van der Waals surface area contributed by atoms with Crippen molar-refractivity contribution in [3.63, 3.8) is 0 Å². The second kappa shape index (κ2) is 5.07. The molecule has 0 amide bonds. The highest BCUT2D eigenvalue weighted by atomic mass is 16.3. The zero-order chi connectivity index (χ0) is 12.4. The van der Waals surface area contributed by atoms with Crippen molar-refractivity contribution in [2.75, 3.05) is 0 Å². The van der Waals surface area contributed by atoms with Gasteiger partial charge in [-0.2, -0.15) is 0 Å². The van der Waals surface area contributed by atoms with Crippen LogP contribution in [0.4, 0.5) is 0 Å². The standard InChI is InChI=1S/C16H19NO/c18-16-6-2-1-4-14(16)11-12-7-8-15-13(10-12)5-3-9-17-15/h3,5,7-10,14,16,18H,1-2,4,6,11H2. The van der Waals surface area contributed by atoms with Crippen LogP contribution >= 0.6 is 0 Å². The third-order valence-corrected chi connectivity index (χ3v) is 4.03. The van der Waals surface area contributed by atoms with Crippen molar-refractivity contribution in [3.8, 4) is 0 Å². The molecule has 1 aliphatic carbocycles. The first-order chi connectivity index (χ1) is 8.83. The molecule has 2 heteroatoms. The van der Waals surface area contributed by atoms with Crippen LogP contribution in [0.1, 0.15) is 31.2 Å². The molecule has 1 aromatic carbocycles. The van der Waals surface area contributed by atoms with Gasteiger partial charge in [0, 0.05) is 11.6 Å². The molecule has 2 unspecified atom stereocenters. The van der Waals surface area contributed by atoms with E-state index in [2.05, 4.69) is 29.2 Å². The summed E-state index contributed by atoms with van der Waals surface area (Å²) in [5.41, 5.74) is 2.37. The van der Waals surface area contributed by atoms with Gasteiger partial charge in [-0.15, -0.1) is 0 Å². The van der Waals surface area contributed by atoms with Crippen LogP contribution in [0.3, 0.4) is 0 Å². The Kier molecular flexibility index (Phi) is 3.28. The van der Waals surface area contributed by atoms with E-state index in [4.69, 9.17) is 0 Å². The molecule has 2 aromatic rings. The highest BCUT2D eigenvalue weighted by molar-refractivity contribution is 5.78. The fraction of sp³-hybridized carbons (Fsp3) is 0.438. The number of pyridine rings is 1. The summed E-state index contributed by atoms with van der Waals surface area (Å²) in [5, 5.41) is 11.2. The average Bonchev–Trinajstić information content (AvgIpc) is 2.41. The SMILES string of the molecule is OC1CCCCC1Cc1ccc2ncccc2c1. The first-order valence-corrected chi connectivity index (χ1v) is 6.85. The van der Waals surface area contributed by atoms with E-state index in [0.29, 0.717) is 5.92 Å². The van der Waals surface area contributed by atoms with Crippen molar-refractivity contribution < 1.29 is 5.11 Å². The van der Waals surface area contributed by atoms with Gasteiger partial charge in [-0.25, -0.2) is 0 Å². The molecule has 1 fully saturated rings. The van der Waals surface area contributed by atoms with Gasteiger partial charge in [-0.05, 0) is 48.9 Å². The van der Waals surface area contributed by atoms with E-state index in [9.17, 15) is 5.11 Å². The second-order valence-corrected chi connectivity index (χ2v) is 5.35.